The highest BCUT2D eigenvalue weighted by molar-refractivity contribution is 5.14. The molecule has 102 valence electrons. The van der Waals surface area contributed by atoms with Crippen molar-refractivity contribution < 1.29 is 9.84 Å². The molecule has 1 N–H and O–H groups in total. The number of aliphatic hydroxyl groups is 1. The lowest BCUT2D eigenvalue weighted by molar-refractivity contribution is -0.118. The first-order valence-corrected chi connectivity index (χ1v) is 7.06. The molecule has 0 aromatic carbocycles. The van der Waals surface area contributed by atoms with Crippen LogP contribution in [0.25, 0.3) is 0 Å². The van der Waals surface area contributed by atoms with Crippen LogP contribution in [0.4, 0.5) is 0 Å². The maximum atomic E-state index is 10.6. The molecule has 1 fully saturated rings. The molecule has 18 heavy (non-hydrogen) atoms. The Bertz CT molecular complexity index is 370. The second-order valence-corrected chi connectivity index (χ2v) is 5.14. The van der Waals surface area contributed by atoms with Gasteiger partial charge >= 0.3 is 0 Å². The van der Waals surface area contributed by atoms with Crippen LogP contribution in [0.15, 0.2) is 12.4 Å². The topological polar surface area (TPSA) is 47.3 Å². The Kier molecular flexibility index (Phi) is 4.40. The third-order valence-electron chi connectivity index (χ3n) is 3.80. The van der Waals surface area contributed by atoms with Crippen molar-refractivity contribution in [2.24, 2.45) is 0 Å². The minimum absolute atomic E-state index is 0.380. The highest BCUT2D eigenvalue weighted by atomic mass is 16.5. The Morgan fingerprint density at radius 3 is 2.78 bits per heavy atom. The normalized spacial score (nSPS) is 20.2. The van der Waals surface area contributed by atoms with Gasteiger partial charge < -0.3 is 9.84 Å². The van der Waals surface area contributed by atoms with E-state index < -0.39 is 6.10 Å². The second-order valence-electron chi connectivity index (χ2n) is 5.14. The zero-order valence-electron chi connectivity index (χ0n) is 11.4. The Hall–Kier alpha value is -0.870. The Morgan fingerprint density at radius 2 is 2.17 bits per heavy atom. The van der Waals surface area contributed by atoms with Crippen LogP contribution in [-0.4, -0.2) is 27.1 Å². The molecule has 2 rings (SSSR count). The maximum absolute atomic E-state index is 10.6. The molecule has 1 aliphatic carbocycles. The van der Waals surface area contributed by atoms with Crippen LogP contribution in [0.3, 0.4) is 0 Å². The molecule has 0 amide bonds. The van der Waals surface area contributed by atoms with Crippen molar-refractivity contribution in [2.45, 2.75) is 64.2 Å². The smallest absolute Gasteiger partial charge is 0.111 e. The zero-order valence-corrected chi connectivity index (χ0v) is 11.4. The van der Waals surface area contributed by atoms with E-state index in [1.165, 1.54) is 0 Å². The summed E-state index contributed by atoms with van der Waals surface area (Å²) in [4.78, 5) is 0. The van der Waals surface area contributed by atoms with E-state index in [-0.39, 0.29) is 5.60 Å². The minimum Gasteiger partial charge on any atom is -0.385 e. The summed E-state index contributed by atoms with van der Waals surface area (Å²) in [6, 6.07) is 0. The number of hydrogen-bond acceptors (Lipinski definition) is 3. The van der Waals surface area contributed by atoms with Crippen molar-refractivity contribution in [1.29, 1.82) is 0 Å². The molecule has 1 unspecified atom stereocenters. The fourth-order valence-electron chi connectivity index (χ4n) is 2.93. The summed E-state index contributed by atoms with van der Waals surface area (Å²) in [6.45, 7) is 5.66. The van der Waals surface area contributed by atoms with Crippen molar-refractivity contribution in [3.05, 3.63) is 18.0 Å². The van der Waals surface area contributed by atoms with Crippen LogP contribution in [0.2, 0.25) is 0 Å². The summed E-state index contributed by atoms with van der Waals surface area (Å²) in [5, 5.41) is 14.9. The number of aryl methyl sites for hydroxylation is 1. The monoisotopic (exact) mass is 252 g/mol. The summed E-state index contributed by atoms with van der Waals surface area (Å²) < 4.78 is 7.78. The predicted octanol–water partition coefficient (Wildman–Crippen LogP) is 2.68. The van der Waals surface area contributed by atoms with E-state index in [0.717, 1.165) is 44.2 Å². The van der Waals surface area contributed by atoms with E-state index in [2.05, 4.69) is 12.0 Å². The molecule has 4 heteroatoms. The zero-order chi connectivity index (χ0) is 13.0. The summed E-state index contributed by atoms with van der Waals surface area (Å²) in [5.41, 5.74) is 0.508. The Labute approximate surface area is 109 Å². The van der Waals surface area contributed by atoms with Gasteiger partial charge in [0.25, 0.3) is 0 Å². The molecular formula is C14H24N2O2. The summed E-state index contributed by atoms with van der Waals surface area (Å²) in [6.07, 6.45) is 8.40. The molecule has 1 aromatic rings. The summed E-state index contributed by atoms with van der Waals surface area (Å²) in [7, 11) is 0. The first kappa shape index (κ1) is 13.6. The van der Waals surface area contributed by atoms with E-state index in [4.69, 9.17) is 4.74 Å². The van der Waals surface area contributed by atoms with Gasteiger partial charge in [-0.05, 0) is 26.2 Å². The van der Waals surface area contributed by atoms with Crippen molar-refractivity contribution in [3.63, 3.8) is 0 Å². The van der Waals surface area contributed by atoms with Gasteiger partial charge in [-0.3, -0.25) is 4.68 Å². The molecule has 4 nitrogen and oxygen atoms in total. The third-order valence-corrected chi connectivity index (χ3v) is 3.80. The van der Waals surface area contributed by atoms with Crippen LogP contribution >= 0.6 is 0 Å². The fraction of sp³-hybridized carbons (Fsp3) is 0.786. The van der Waals surface area contributed by atoms with Gasteiger partial charge in [0.15, 0.2) is 0 Å². The van der Waals surface area contributed by atoms with Crippen molar-refractivity contribution in [3.8, 4) is 0 Å². The van der Waals surface area contributed by atoms with E-state index in [0.29, 0.717) is 6.61 Å². The lowest BCUT2D eigenvalue weighted by Crippen LogP contribution is -2.36. The summed E-state index contributed by atoms with van der Waals surface area (Å²) in [5.74, 6) is 0. The standard InChI is InChI=1S/C14H24N2O2/c1-3-9-16-11-12(10-15-16)13(17)14(18-4-2)7-5-6-8-14/h10-11,13,17H,3-9H2,1-2H3. The average molecular weight is 252 g/mol. The lowest BCUT2D eigenvalue weighted by Gasteiger charge is -2.33. The van der Waals surface area contributed by atoms with Gasteiger partial charge in [0.1, 0.15) is 6.10 Å². The number of ether oxygens (including phenoxy) is 1. The minimum atomic E-state index is -0.550. The van der Waals surface area contributed by atoms with Gasteiger partial charge in [-0.15, -0.1) is 0 Å². The maximum Gasteiger partial charge on any atom is 0.111 e. The molecular weight excluding hydrogens is 228 g/mol. The molecule has 0 saturated heterocycles. The first-order chi connectivity index (χ1) is 8.72. The fourth-order valence-corrected chi connectivity index (χ4v) is 2.93. The summed E-state index contributed by atoms with van der Waals surface area (Å²) >= 11 is 0. The Morgan fingerprint density at radius 1 is 1.44 bits per heavy atom. The van der Waals surface area contributed by atoms with Gasteiger partial charge in [0, 0.05) is 24.9 Å². The van der Waals surface area contributed by atoms with Crippen molar-refractivity contribution >= 4 is 0 Å². The number of aromatic nitrogens is 2. The molecule has 1 atom stereocenters. The quantitative estimate of drug-likeness (QED) is 0.846. The first-order valence-electron chi connectivity index (χ1n) is 7.06. The largest absolute Gasteiger partial charge is 0.385 e. The van der Waals surface area contributed by atoms with Crippen molar-refractivity contribution in [2.75, 3.05) is 6.61 Å². The van der Waals surface area contributed by atoms with Crippen LogP contribution in [0, 0.1) is 0 Å². The Balaban J connectivity index is 2.14. The number of aliphatic hydroxyl groups excluding tert-OH is 1. The van der Waals surface area contributed by atoms with Crippen molar-refractivity contribution in [1.82, 2.24) is 9.78 Å². The molecule has 1 saturated carbocycles. The van der Waals surface area contributed by atoms with E-state index in [1.54, 1.807) is 6.20 Å². The molecule has 1 aliphatic rings. The SMILES string of the molecule is CCCn1cc(C(O)C2(OCC)CCCC2)cn1. The highest BCUT2D eigenvalue weighted by Gasteiger charge is 2.42. The van der Waals surface area contributed by atoms with Gasteiger partial charge in [-0.1, -0.05) is 19.8 Å². The number of nitrogens with zero attached hydrogens (tertiary/aromatic N) is 2. The molecule has 1 heterocycles. The molecule has 0 bridgehead atoms. The van der Waals surface area contributed by atoms with Gasteiger partial charge in [0.2, 0.25) is 0 Å². The van der Waals surface area contributed by atoms with Gasteiger partial charge in [-0.25, -0.2) is 0 Å². The van der Waals surface area contributed by atoms with E-state index >= 15 is 0 Å². The van der Waals surface area contributed by atoms with Crippen LogP contribution in [0.5, 0.6) is 0 Å². The number of hydrogen-bond donors (Lipinski definition) is 1. The number of rotatable bonds is 6. The van der Waals surface area contributed by atoms with Crippen LogP contribution in [-0.2, 0) is 11.3 Å². The lowest BCUT2D eigenvalue weighted by atomic mass is 9.90. The molecule has 1 aromatic heterocycles. The van der Waals surface area contributed by atoms with Gasteiger partial charge in [-0.2, -0.15) is 5.10 Å². The van der Waals surface area contributed by atoms with E-state index in [9.17, 15) is 5.11 Å². The molecule has 0 radical (unpaired) electrons. The highest BCUT2D eigenvalue weighted by Crippen LogP contribution is 2.42. The van der Waals surface area contributed by atoms with E-state index in [1.807, 2.05) is 17.8 Å². The predicted molar refractivity (Wildman–Crippen MR) is 70.3 cm³/mol. The van der Waals surface area contributed by atoms with Gasteiger partial charge in [0.05, 0.1) is 11.8 Å². The average Bonchev–Trinajstić information content (AvgIpc) is 2.99. The van der Waals surface area contributed by atoms with Crippen LogP contribution < -0.4 is 0 Å². The molecule has 0 aliphatic heterocycles. The third kappa shape index (κ3) is 2.59. The second kappa shape index (κ2) is 5.85. The molecule has 0 spiro atoms. The van der Waals surface area contributed by atoms with Crippen LogP contribution in [0.1, 0.15) is 57.6 Å².